The number of rotatable bonds is 6. The van der Waals surface area contributed by atoms with Crippen molar-refractivity contribution in [2.75, 3.05) is 0 Å². The third-order valence-corrected chi connectivity index (χ3v) is 11.1. The van der Waals surface area contributed by atoms with E-state index in [4.69, 9.17) is 0 Å². The molecule has 4 rings (SSSR count). The Morgan fingerprint density at radius 3 is 2.48 bits per heavy atom. The SMILES string of the molecule is C=N/C(F)=C\C=C(/C)CC[C@@](C)(O)[C@H]1CC[C@H]2[C@@H]3CCC4C[C@@H](O)CC[C@]4(C)[C@H]3CC[C@@]21C. The zero-order valence-corrected chi connectivity index (χ0v) is 21.3. The van der Waals surface area contributed by atoms with Crippen molar-refractivity contribution < 1.29 is 14.6 Å². The highest BCUT2D eigenvalue weighted by Gasteiger charge is 2.62. The quantitative estimate of drug-likeness (QED) is 0.255. The van der Waals surface area contributed by atoms with Crippen LogP contribution in [0.4, 0.5) is 4.39 Å². The number of nitrogens with zero attached hydrogens (tertiary/aromatic N) is 1. The van der Waals surface area contributed by atoms with E-state index in [0.29, 0.717) is 29.6 Å². The predicted molar refractivity (Wildman–Crippen MR) is 134 cm³/mol. The van der Waals surface area contributed by atoms with Crippen molar-refractivity contribution in [2.45, 2.75) is 110 Å². The van der Waals surface area contributed by atoms with Gasteiger partial charge in [0.1, 0.15) is 0 Å². The van der Waals surface area contributed by atoms with Gasteiger partial charge < -0.3 is 10.2 Å². The van der Waals surface area contributed by atoms with Gasteiger partial charge in [0, 0.05) is 0 Å². The molecule has 0 aliphatic heterocycles. The summed E-state index contributed by atoms with van der Waals surface area (Å²) in [5.41, 5.74) is 0.955. The molecule has 0 saturated heterocycles. The molecule has 0 aromatic rings. The summed E-state index contributed by atoms with van der Waals surface area (Å²) in [6.07, 6.45) is 15.1. The fourth-order valence-electron chi connectivity index (χ4n) is 9.23. The molecule has 2 N–H and O–H groups in total. The molecule has 4 aliphatic carbocycles. The number of aliphatic imine (C=N–C) groups is 1. The van der Waals surface area contributed by atoms with Crippen molar-refractivity contribution in [3.05, 3.63) is 23.7 Å². The molecule has 4 fully saturated rings. The van der Waals surface area contributed by atoms with Crippen LogP contribution in [0.2, 0.25) is 0 Å². The van der Waals surface area contributed by atoms with Crippen molar-refractivity contribution in [1.29, 1.82) is 0 Å². The predicted octanol–water partition coefficient (Wildman–Crippen LogP) is 7.00. The van der Waals surface area contributed by atoms with Crippen molar-refractivity contribution in [3.63, 3.8) is 0 Å². The Labute approximate surface area is 200 Å². The van der Waals surface area contributed by atoms with Crippen LogP contribution < -0.4 is 0 Å². The molecule has 0 radical (unpaired) electrons. The molecule has 33 heavy (non-hydrogen) atoms. The van der Waals surface area contributed by atoms with Crippen LogP contribution in [-0.4, -0.2) is 28.6 Å². The van der Waals surface area contributed by atoms with Gasteiger partial charge >= 0.3 is 0 Å². The van der Waals surface area contributed by atoms with E-state index in [-0.39, 0.29) is 11.5 Å². The lowest BCUT2D eigenvalue weighted by atomic mass is 9.44. The number of allylic oxidation sites excluding steroid dienone is 3. The van der Waals surface area contributed by atoms with Crippen molar-refractivity contribution in [3.8, 4) is 0 Å². The number of fused-ring (bicyclic) bond motifs is 5. The van der Waals surface area contributed by atoms with Crippen LogP contribution in [-0.2, 0) is 0 Å². The zero-order chi connectivity index (χ0) is 24.0. The molecular weight excluding hydrogens is 413 g/mol. The van der Waals surface area contributed by atoms with E-state index in [9.17, 15) is 14.6 Å². The van der Waals surface area contributed by atoms with Crippen molar-refractivity contribution >= 4 is 6.72 Å². The molecule has 186 valence electrons. The summed E-state index contributed by atoms with van der Waals surface area (Å²) in [5, 5.41) is 22.0. The first-order valence-electron chi connectivity index (χ1n) is 13.4. The Balaban J connectivity index is 1.46. The van der Waals surface area contributed by atoms with Gasteiger partial charge in [0.15, 0.2) is 0 Å². The van der Waals surface area contributed by atoms with Gasteiger partial charge in [-0.15, -0.1) is 0 Å². The normalized spacial score (nSPS) is 45.5. The molecule has 0 bridgehead atoms. The van der Waals surface area contributed by atoms with Crippen LogP contribution >= 0.6 is 0 Å². The Hall–Kier alpha value is -1.00. The lowest BCUT2D eigenvalue weighted by Gasteiger charge is -2.61. The van der Waals surface area contributed by atoms with Gasteiger partial charge in [0.25, 0.3) is 0 Å². The van der Waals surface area contributed by atoms with Gasteiger partial charge in [0.2, 0.25) is 5.95 Å². The van der Waals surface area contributed by atoms with Crippen LogP contribution in [0.5, 0.6) is 0 Å². The standard InChI is InChI=1S/C29H46FNO2/c1-19(6-11-26(30)31-5)12-17-29(4,33)25-10-9-23-22-8-7-20-18-21(32)13-15-27(20,2)24(22)14-16-28(23,25)3/h6,11,20-25,32-33H,5,7-10,12-18H2,1-4H3/b19-6+,26-11-/t20?,21-,22-,23-,24-,25-,27-,28-,29+/m0/s1. The fourth-order valence-corrected chi connectivity index (χ4v) is 9.23. The molecular formula is C29H46FNO2. The van der Waals surface area contributed by atoms with E-state index in [2.05, 4.69) is 25.6 Å². The summed E-state index contributed by atoms with van der Waals surface area (Å²) in [4.78, 5) is 3.29. The molecule has 0 aromatic carbocycles. The van der Waals surface area contributed by atoms with Crippen LogP contribution in [0.25, 0.3) is 0 Å². The second kappa shape index (κ2) is 9.22. The average molecular weight is 460 g/mol. The van der Waals surface area contributed by atoms with E-state index >= 15 is 0 Å². The molecule has 0 amide bonds. The minimum absolute atomic E-state index is 0.0861. The molecule has 0 aromatic heterocycles. The summed E-state index contributed by atoms with van der Waals surface area (Å²) in [6, 6.07) is 0. The minimum Gasteiger partial charge on any atom is -0.393 e. The van der Waals surface area contributed by atoms with E-state index < -0.39 is 11.6 Å². The molecule has 4 heteroatoms. The maximum Gasteiger partial charge on any atom is 0.212 e. The number of aliphatic hydroxyl groups excluding tert-OH is 1. The Kier molecular flexibility index (Phi) is 7.02. The van der Waals surface area contributed by atoms with Gasteiger partial charge in [-0.05, 0) is 138 Å². The van der Waals surface area contributed by atoms with Gasteiger partial charge in [-0.2, -0.15) is 4.39 Å². The lowest BCUT2D eigenvalue weighted by molar-refractivity contribution is -0.144. The highest BCUT2D eigenvalue weighted by Crippen LogP contribution is 2.68. The molecule has 4 saturated carbocycles. The monoisotopic (exact) mass is 459 g/mol. The average Bonchev–Trinajstić information content (AvgIpc) is 3.14. The van der Waals surface area contributed by atoms with E-state index in [1.807, 2.05) is 13.8 Å². The second-order valence-corrected chi connectivity index (χ2v) is 12.8. The topological polar surface area (TPSA) is 52.8 Å². The summed E-state index contributed by atoms with van der Waals surface area (Å²) in [7, 11) is 0. The Morgan fingerprint density at radius 2 is 1.76 bits per heavy atom. The van der Waals surface area contributed by atoms with E-state index in [1.54, 1.807) is 6.08 Å². The van der Waals surface area contributed by atoms with E-state index in [1.165, 1.54) is 44.6 Å². The first-order valence-corrected chi connectivity index (χ1v) is 13.4. The molecule has 1 unspecified atom stereocenters. The number of aliphatic hydroxyl groups is 2. The second-order valence-electron chi connectivity index (χ2n) is 12.8. The summed E-state index contributed by atoms with van der Waals surface area (Å²) < 4.78 is 13.3. The van der Waals surface area contributed by atoms with Crippen molar-refractivity contribution in [2.24, 2.45) is 45.4 Å². The first kappa shape index (κ1) is 25.1. The van der Waals surface area contributed by atoms with Crippen LogP contribution in [0.1, 0.15) is 98.3 Å². The molecule has 4 aliphatic rings. The van der Waals surface area contributed by atoms with Gasteiger partial charge in [-0.25, -0.2) is 4.99 Å². The Bertz CT molecular complexity index is 803. The Morgan fingerprint density at radius 1 is 1.06 bits per heavy atom. The maximum absolute atomic E-state index is 13.3. The maximum atomic E-state index is 13.3. The molecule has 0 spiro atoms. The van der Waals surface area contributed by atoms with Gasteiger partial charge in [-0.3, -0.25) is 0 Å². The molecule has 0 heterocycles. The number of halogens is 1. The van der Waals surface area contributed by atoms with Crippen LogP contribution in [0.3, 0.4) is 0 Å². The van der Waals surface area contributed by atoms with Crippen LogP contribution in [0, 0.1) is 40.4 Å². The molecule has 9 atom stereocenters. The number of hydrogen-bond donors (Lipinski definition) is 2. The minimum atomic E-state index is -0.708. The summed E-state index contributed by atoms with van der Waals surface area (Å²) in [5.74, 6) is 2.73. The fraction of sp³-hybridized carbons (Fsp3) is 0.828. The molecule has 3 nitrogen and oxygen atoms in total. The third-order valence-electron chi connectivity index (χ3n) is 11.1. The highest BCUT2D eigenvalue weighted by atomic mass is 19.1. The van der Waals surface area contributed by atoms with Gasteiger partial charge in [0.05, 0.1) is 11.7 Å². The zero-order valence-electron chi connectivity index (χ0n) is 21.3. The first-order chi connectivity index (χ1) is 15.5. The summed E-state index contributed by atoms with van der Waals surface area (Å²) in [6.45, 7) is 12.3. The third kappa shape index (κ3) is 4.51. The van der Waals surface area contributed by atoms with Crippen LogP contribution in [0.15, 0.2) is 28.7 Å². The van der Waals surface area contributed by atoms with E-state index in [0.717, 1.165) is 43.1 Å². The highest BCUT2D eigenvalue weighted by molar-refractivity contribution is 5.28. The smallest absolute Gasteiger partial charge is 0.212 e. The van der Waals surface area contributed by atoms with Gasteiger partial charge in [-0.1, -0.05) is 25.5 Å². The largest absolute Gasteiger partial charge is 0.393 e. The van der Waals surface area contributed by atoms with Crippen molar-refractivity contribution in [1.82, 2.24) is 0 Å². The lowest BCUT2D eigenvalue weighted by Crippen LogP contribution is -2.55. The number of hydrogen-bond acceptors (Lipinski definition) is 3. The summed E-state index contributed by atoms with van der Waals surface area (Å²) >= 11 is 0.